The molecule has 1 aliphatic rings. The van der Waals surface area contributed by atoms with E-state index in [-0.39, 0.29) is 5.75 Å². The van der Waals surface area contributed by atoms with E-state index in [2.05, 4.69) is 21.7 Å². The summed E-state index contributed by atoms with van der Waals surface area (Å²) < 4.78 is 7.65. The maximum Gasteiger partial charge on any atom is 0.313 e. The van der Waals surface area contributed by atoms with Crippen LogP contribution in [0.3, 0.4) is 0 Å². The summed E-state index contributed by atoms with van der Waals surface area (Å²) in [7, 11) is 0. The van der Waals surface area contributed by atoms with Gasteiger partial charge in [0.1, 0.15) is 5.82 Å². The highest BCUT2D eigenvalue weighted by Gasteiger charge is 2.31. The molecule has 0 bridgehead atoms. The van der Waals surface area contributed by atoms with Gasteiger partial charge in [0.25, 0.3) is 0 Å². The number of carboxylic acid groups (broad SMARTS) is 1. The fraction of sp³-hybridized carbons (Fsp3) is 0.786. The van der Waals surface area contributed by atoms with Gasteiger partial charge in [-0.15, -0.1) is 10.2 Å². The predicted octanol–water partition coefficient (Wildman–Crippen LogP) is 2.22. The number of rotatable bonds is 9. The number of hydrogen-bond acceptors (Lipinski definition) is 5. The van der Waals surface area contributed by atoms with Gasteiger partial charge in [0.15, 0.2) is 5.16 Å². The number of carboxylic acids is 1. The van der Waals surface area contributed by atoms with E-state index >= 15 is 0 Å². The fourth-order valence-electron chi connectivity index (χ4n) is 2.62. The Hall–Kier alpha value is -1.08. The summed E-state index contributed by atoms with van der Waals surface area (Å²) in [6, 6.07) is 0. The van der Waals surface area contributed by atoms with Crippen molar-refractivity contribution >= 4 is 17.7 Å². The van der Waals surface area contributed by atoms with Crippen LogP contribution in [-0.4, -0.2) is 44.3 Å². The van der Waals surface area contributed by atoms with E-state index in [0.29, 0.717) is 12.0 Å². The van der Waals surface area contributed by atoms with Crippen molar-refractivity contribution in [3.05, 3.63) is 5.82 Å². The minimum absolute atomic E-state index is 0.0255. The monoisotopic (exact) mass is 313 g/mol. The standard InChI is InChI=1S/C14H23N3O3S/c1-3-5-17-12(8-10-6-11(7-10)20-4-2)15-16-14(17)21-9-13(18)19/h10-11H,3-9H2,1-2H3,(H,18,19). The molecule has 1 fully saturated rings. The van der Waals surface area contributed by atoms with Gasteiger partial charge in [0.2, 0.25) is 0 Å². The average Bonchev–Trinajstić information content (AvgIpc) is 2.77. The minimum atomic E-state index is -0.828. The number of thioether (sulfide) groups is 1. The summed E-state index contributed by atoms with van der Waals surface area (Å²) >= 11 is 1.24. The molecular weight excluding hydrogens is 290 g/mol. The van der Waals surface area contributed by atoms with Gasteiger partial charge in [-0.1, -0.05) is 18.7 Å². The highest BCUT2D eigenvalue weighted by molar-refractivity contribution is 7.99. The Labute approximate surface area is 129 Å². The van der Waals surface area contributed by atoms with Gasteiger partial charge in [-0.25, -0.2) is 0 Å². The highest BCUT2D eigenvalue weighted by atomic mass is 32.2. The van der Waals surface area contributed by atoms with Crippen LogP contribution in [0.4, 0.5) is 0 Å². The summed E-state index contributed by atoms with van der Waals surface area (Å²) in [6.07, 6.45) is 4.47. The first-order valence-corrected chi connectivity index (χ1v) is 8.50. The number of ether oxygens (including phenoxy) is 1. The molecular formula is C14H23N3O3S. The summed E-state index contributed by atoms with van der Waals surface area (Å²) in [5, 5.41) is 17.9. The molecule has 1 saturated carbocycles. The Kier molecular flexibility index (Phi) is 6.05. The van der Waals surface area contributed by atoms with Crippen molar-refractivity contribution in [2.45, 2.75) is 57.3 Å². The smallest absolute Gasteiger partial charge is 0.313 e. The minimum Gasteiger partial charge on any atom is -0.481 e. The molecule has 0 aromatic carbocycles. The van der Waals surface area contributed by atoms with Gasteiger partial charge in [-0.3, -0.25) is 4.79 Å². The number of aliphatic carboxylic acids is 1. The second-order valence-electron chi connectivity index (χ2n) is 5.35. The zero-order valence-corrected chi connectivity index (χ0v) is 13.4. The molecule has 0 atom stereocenters. The Balaban J connectivity index is 1.94. The molecule has 1 aliphatic carbocycles. The first-order chi connectivity index (χ1) is 10.1. The number of hydrogen-bond donors (Lipinski definition) is 1. The molecule has 0 saturated heterocycles. The molecule has 1 heterocycles. The van der Waals surface area contributed by atoms with E-state index in [1.165, 1.54) is 11.8 Å². The van der Waals surface area contributed by atoms with Crippen LogP contribution >= 0.6 is 11.8 Å². The summed E-state index contributed by atoms with van der Waals surface area (Å²) in [4.78, 5) is 10.7. The summed E-state index contributed by atoms with van der Waals surface area (Å²) in [5.41, 5.74) is 0. The quantitative estimate of drug-likeness (QED) is 0.704. The lowest BCUT2D eigenvalue weighted by Crippen LogP contribution is -2.33. The lowest BCUT2D eigenvalue weighted by Gasteiger charge is -2.34. The topological polar surface area (TPSA) is 77.2 Å². The SMILES string of the molecule is CCCn1c(CC2CC(OCC)C2)nnc1SCC(=O)O. The van der Waals surface area contributed by atoms with E-state index in [4.69, 9.17) is 9.84 Å². The van der Waals surface area contributed by atoms with Crippen LogP contribution in [0.15, 0.2) is 5.16 Å². The van der Waals surface area contributed by atoms with Crippen LogP contribution in [0.5, 0.6) is 0 Å². The molecule has 1 aromatic rings. The van der Waals surface area contributed by atoms with Crippen molar-refractivity contribution in [3.63, 3.8) is 0 Å². The van der Waals surface area contributed by atoms with Crippen molar-refractivity contribution in [2.75, 3.05) is 12.4 Å². The van der Waals surface area contributed by atoms with E-state index < -0.39 is 5.97 Å². The maximum atomic E-state index is 10.7. The van der Waals surface area contributed by atoms with E-state index in [1.807, 2.05) is 6.92 Å². The molecule has 0 aliphatic heterocycles. The lowest BCUT2D eigenvalue weighted by atomic mass is 9.80. The Morgan fingerprint density at radius 2 is 2.19 bits per heavy atom. The van der Waals surface area contributed by atoms with Crippen LogP contribution in [0.2, 0.25) is 0 Å². The third-order valence-corrected chi connectivity index (χ3v) is 4.58. The molecule has 7 heteroatoms. The lowest BCUT2D eigenvalue weighted by molar-refractivity contribution is -0.133. The molecule has 1 N–H and O–H groups in total. The predicted molar refractivity (Wildman–Crippen MR) is 80.5 cm³/mol. The first-order valence-electron chi connectivity index (χ1n) is 7.52. The highest BCUT2D eigenvalue weighted by Crippen LogP contribution is 2.33. The van der Waals surface area contributed by atoms with Crippen molar-refractivity contribution in [1.82, 2.24) is 14.8 Å². The summed E-state index contributed by atoms with van der Waals surface area (Å²) in [6.45, 7) is 5.74. The van der Waals surface area contributed by atoms with Crippen molar-refractivity contribution < 1.29 is 14.6 Å². The van der Waals surface area contributed by atoms with Gasteiger partial charge in [-0.05, 0) is 32.1 Å². The zero-order valence-electron chi connectivity index (χ0n) is 12.6. The second-order valence-corrected chi connectivity index (χ2v) is 6.29. The van der Waals surface area contributed by atoms with Crippen molar-refractivity contribution in [1.29, 1.82) is 0 Å². The van der Waals surface area contributed by atoms with Gasteiger partial charge in [-0.2, -0.15) is 0 Å². The number of carbonyl (C=O) groups is 1. The third-order valence-electron chi connectivity index (χ3n) is 3.63. The van der Waals surface area contributed by atoms with Crippen LogP contribution in [0.1, 0.15) is 38.9 Å². The molecule has 0 amide bonds. The number of aromatic nitrogens is 3. The fourth-order valence-corrected chi connectivity index (χ4v) is 3.33. The molecule has 2 rings (SSSR count). The molecule has 0 radical (unpaired) electrons. The average molecular weight is 313 g/mol. The Bertz CT molecular complexity index is 472. The van der Waals surface area contributed by atoms with Gasteiger partial charge >= 0.3 is 5.97 Å². The summed E-state index contributed by atoms with van der Waals surface area (Å²) in [5.74, 6) is 0.784. The van der Waals surface area contributed by atoms with Crippen LogP contribution in [0, 0.1) is 5.92 Å². The van der Waals surface area contributed by atoms with Crippen LogP contribution in [-0.2, 0) is 22.5 Å². The van der Waals surface area contributed by atoms with E-state index in [1.54, 1.807) is 0 Å². The van der Waals surface area contributed by atoms with Crippen molar-refractivity contribution in [3.8, 4) is 0 Å². The molecule has 1 aromatic heterocycles. The van der Waals surface area contributed by atoms with Gasteiger partial charge in [0.05, 0.1) is 11.9 Å². The second kappa shape index (κ2) is 7.79. The molecule has 0 unspecified atom stereocenters. The Morgan fingerprint density at radius 3 is 2.81 bits per heavy atom. The maximum absolute atomic E-state index is 10.7. The van der Waals surface area contributed by atoms with Gasteiger partial charge < -0.3 is 14.4 Å². The van der Waals surface area contributed by atoms with Crippen LogP contribution < -0.4 is 0 Å². The van der Waals surface area contributed by atoms with Gasteiger partial charge in [0, 0.05) is 19.6 Å². The molecule has 21 heavy (non-hydrogen) atoms. The largest absolute Gasteiger partial charge is 0.481 e. The van der Waals surface area contributed by atoms with E-state index in [0.717, 1.165) is 49.8 Å². The molecule has 0 spiro atoms. The molecule has 118 valence electrons. The normalized spacial score (nSPS) is 21.2. The third kappa shape index (κ3) is 4.44. The number of nitrogens with zero attached hydrogens (tertiary/aromatic N) is 3. The Morgan fingerprint density at radius 1 is 1.43 bits per heavy atom. The van der Waals surface area contributed by atoms with Crippen molar-refractivity contribution in [2.24, 2.45) is 5.92 Å². The van der Waals surface area contributed by atoms with E-state index in [9.17, 15) is 4.79 Å². The molecule has 6 nitrogen and oxygen atoms in total. The zero-order chi connectivity index (χ0) is 15.2. The first kappa shape index (κ1) is 16.3. The van der Waals surface area contributed by atoms with Crippen LogP contribution in [0.25, 0.3) is 0 Å².